The fourth-order valence-electron chi connectivity index (χ4n) is 3.21. The highest BCUT2D eigenvalue weighted by Crippen LogP contribution is 2.47. The lowest BCUT2D eigenvalue weighted by atomic mass is 10.1. The Bertz CT molecular complexity index is 922. The van der Waals surface area contributed by atoms with Crippen molar-refractivity contribution in [1.29, 1.82) is 0 Å². The van der Waals surface area contributed by atoms with E-state index in [-0.39, 0.29) is 18.8 Å². The zero-order valence-corrected chi connectivity index (χ0v) is 18.5. The Hall–Kier alpha value is -2.57. The molecule has 2 saturated heterocycles. The number of ether oxygens (including phenoxy) is 2. The third-order valence-corrected chi connectivity index (χ3v) is 6.47. The number of rotatable bonds is 9. The van der Waals surface area contributed by atoms with Crippen LogP contribution in [0.5, 0.6) is 5.75 Å². The van der Waals surface area contributed by atoms with E-state index in [1.54, 1.807) is 18.2 Å². The first-order valence-corrected chi connectivity index (χ1v) is 11.4. The minimum Gasteiger partial charge on any atom is -0.464 e. The fourth-order valence-corrected chi connectivity index (χ4v) is 4.74. The number of alkyl halides is 2. The van der Waals surface area contributed by atoms with E-state index in [9.17, 15) is 28.0 Å². The van der Waals surface area contributed by atoms with Gasteiger partial charge in [0.15, 0.2) is 6.10 Å². The van der Waals surface area contributed by atoms with Gasteiger partial charge < -0.3 is 24.4 Å². The van der Waals surface area contributed by atoms with Crippen molar-refractivity contribution < 1.29 is 46.6 Å². The minimum atomic E-state index is -4.32. The van der Waals surface area contributed by atoms with Crippen LogP contribution in [0.25, 0.3) is 0 Å². The fraction of sp³-hybridized carbons (Fsp3) is 0.474. The molecule has 14 heteroatoms. The van der Waals surface area contributed by atoms with Gasteiger partial charge in [-0.15, -0.1) is 0 Å². The van der Waals surface area contributed by atoms with E-state index in [0.717, 1.165) is 6.20 Å². The molecule has 2 heterocycles. The summed E-state index contributed by atoms with van der Waals surface area (Å²) in [6.45, 7) is 2.59. The van der Waals surface area contributed by atoms with Crippen molar-refractivity contribution in [2.75, 3.05) is 20.3 Å². The molecule has 182 valence electrons. The molecular weight excluding hydrogens is 467 g/mol. The maximum Gasteiger partial charge on any atom is 0.459 e. The molecule has 0 bridgehead atoms. The van der Waals surface area contributed by atoms with Gasteiger partial charge in [-0.05, 0) is 12.1 Å². The van der Waals surface area contributed by atoms with Gasteiger partial charge in [0, 0.05) is 19.7 Å². The van der Waals surface area contributed by atoms with Crippen molar-refractivity contribution in [3.8, 4) is 5.75 Å². The second-order valence-corrected chi connectivity index (χ2v) is 8.82. The first-order chi connectivity index (χ1) is 15.6. The monoisotopic (exact) mass is 491 g/mol. The van der Waals surface area contributed by atoms with Crippen molar-refractivity contribution in [2.24, 2.45) is 0 Å². The standard InChI is InChI=1S/C19H24F2N3O8P/c1-3-24(18(27)22-2)17-19(20,21)15(25)14(31-17)11-30-33(28,23-13-9-10-29-16(13)26)32-12-7-5-4-6-8-12/h3-8,13-15,17,25H,1,9-11H2,2H3,(H,22,27)(H,23,28)/t13-,14+,15+,17+,33+/m0/s1. The number of urea groups is 1. The Kier molecular flexibility index (Phi) is 7.70. The van der Waals surface area contributed by atoms with Gasteiger partial charge in [-0.1, -0.05) is 24.8 Å². The second kappa shape index (κ2) is 10.1. The lowest BCUT2D eigenvalue weighted by Crippen LogP contribution is -2.51. The number of aliphatic hydroxyl groups excluding tert-OH is 1. The Morgan fingerprint density at radius 3 is 2.70 bits per heavy atom. The average molecular weight is 491 g/mol. The molecule has 2 aliphatic rings. The maximum absolute atomic E-state index is 14.7. The van der Waals surface area contributed by atoms with E-state index in [2.05, 4.69) is 17.0 Å². The number of nitrogens with zero attached hydrogens (tertiary/aromatic N) is 1. The van der Waals surface area contributed by atoms with Crippen molar-refractivity contribution in [2.45, 2.75) is 36.8 Å². The molecule has 2 fully saturated rings. The molecule has 2 aliphatic heterocycles. The van der Waals surface area contributed by atoms with Gasteiger partial charge in [0.1, 0.15) is 17.9 Å². The Labute approximate surface area is 188 Å². The molecule has 0 saturated carbocycles. The van der Waals surface area contributed by atoms with Crippen LogP contribution in [-0.2, 0) is 23.4 Å². The number of hydrogen-bond donors (Lipinski definition) is 3. The van der Waals surface area contributed by atoms with Crippen LogP contribution in [0.15, 0.2) is 43.1 Å². The first kappa shape index (κ1) is 25.1. The van der Waals surface area contributed by atoms with Crippen LogP contribution in [0.3, 0.4) is 0 Å². The number of hydrogen-bond acceptors (Lipinski definition) is 8. The molecule has 11 nitrogen and oxygen atoms in total. The predicted octanol–water partition coefficient (Wildman–Crippen LogP) is 1.60. The number of para-hydroxylation sites is 1. The van der Waals surface area contributed by atoms with Gasteiger partial charge in [-0.2, -0.15) is 13.9 Å². The second-order valence-electron chi connectivity index (χ2n) is 7.13. The molecule has 0 unspecified atom stereocenters. The summed E-state index contributed by atoms with van der Waals surface area (Å²) in [7, 11) is -3.10. The number of aliphatic hydroxyl groups is 1. The topological polar surface area (TPSA) is 136 Å². The van der Waals surface area contributed by atoms with Crippen molar-refractivity contribution >= 4 is 19.7 Å². The van der Waals surface area contributed by atoms with Crippen LogP contribution in [0.4, 0.5) is 13.6 Å². The maximum atomic E-state index is 14.7. The zero-order chi connectivity index (χ0) is 24.2. The summed E-state index contributed by atoms with van der Waals surface area (Å²) < 4.78 is 63.4. The smallest absolute Gasteiger partial charge is 0.459 e. The molecule has 3 N–H and O–H groups in total. The molecule has 33 heavy (non-hydrogen) atoms. The summed E-state index contributed by atoms with van der Waals surface area (Å²) in [6.07, 6.45) is -5.28. The van der Waals surface area contributed by atoms with Gasteiger partial charge in [-0.25, -0.2) is 9.36 Å². The van der Waals surface area contributed by atoms with E-state index in [1.165, 1.54) is 19.2 Å². The summed E-state index contributed by atoms with van der Waals surface area (Å²) in [6, 6.07) is 5.88. The lowest BCUT2D eigenvalue weighted by molar-refractivity contribution is -0.144. The number of benzene rings is 1. The van der Waals surface area contributed by atoms with Gasteiger partial charge in [0.05, 0.1) is 13.2 Å². The summed E-state index contributed by atoms with van der Waals surface area (Å²) in [5.74, 6) is -4.46. The van der Waals surface area contributed by atoms with Gasteiger partial charge in [-0.3, -0.25) is 14.2 Å². The zero-order valence-electron chi connectivity index (χ0n) is 17.6. The third kappa shape index (κ3) is 5.50. The Morgan fingerprint density at radius 2 is 2.12 bits per heavy atom. The number of carbonyl (C=O) groups is 2. The molecule has 0 aliphatic carbocycles. The SMILES string of the molecule is C=CN(C(=O)NC)[C@@H]1O[C@H](CO[P@](=O)(N[C@H]2CCOC2=O)Oc2ccccc2)[C@@H](O)C1(F)F. The lowest BCUT2D eigenvalue weighted by Gasteiger charge is -2.28. The Balaban J connectivity index is 1.76. The van der Waals surface area contributed by atoms with E-state index in [0.29, 0.717) is 4.90 Å². The van der Waals surface area contributed by atoms with Gasteiger partial charge >= 0.3 is 25.7 Å². The number of halogens is 2. The van der Waals surface area contributed by atoms with Crippen molar-refractivity contribution in [3.05, 3.63) is 43.1 Å². The van der Waals surface area contributed by atoms with Crippen LogP contribution >= 0.6 is 7.75 Å². The highest BCUT2D eigenvalue weighted by Gasteiger charge is 2.61. The number of nitrogens with one attached hydrogen (secondary N) is 2. The van der Waals surface area contributed by atoms with E-state index >= 15 is 0 Å². The molecule has 0 spiro atoms. The quantitative estimate of drug-likeness (QED) is 0.348. The summed E-state index contributed by atoms with van der Waals surface area (Å²) in [5.41, 5.74) is 0. The van der Waals surface area contributed by atoms with E-state index < -0.39 is 56.8 Å². The number of amides is 2. The van der Waals surface area contributed by atoms with Crippen LogP contribution in [0, 0.1) is 0 Å². The van der Waals surface area contributed by atoms with Crippen LogP contribution in [0.1, 0.15) is 6.42 Å². The average Bonchev–Trinajstić information content (AvgIpc) is 3.28. The molecule has 2 amide bonds. The molecule has 0 aromatic heterocycles. The van der Waals surface area contributed by atoms with Crippen LogP contribution < -0.4 is 14.9 Å². The summed E-state index contributed by atoms with van der Waals surface area (Å²) in [5, 5.41) is 14.7. The molecular formula is C19H24F2N3O8P. The summed E-state index contributed by atoms with van der Waals surface area (Å²) >= 11 is 0. The molecule has 0 radical (unpaired) electrons. The van der Waals surface area contributed by atoms with Gasteiger partial charge in [0.2, 0.25) is 6.23 Å². The van der Waals surface area contributed by atoms with Crippen molar-refractivity contribution in [1.82, 2.24) is 15.3 Å². The minimum absolute atomic E-state index is 0.0943. The predicted molar refractivity (Wildman–Crippen MR) is 109 cm³/mol. The number of carbonyl (C=O) groups excluding carboxylic acids is 2. The van der Waals surface area contributed by atoms with Crippen molar-refractivity contribution in [3.63, 3.8) is 0 Å². The molecule has 5 atom stereocenters. The largest absolute Gasteiger partial charge is 0.464 e. The summed E-state index contributed by atoms with van der Waals surface area (Å²) in [4.78, 5) is 24.2. The first-order valence-electron chi connectivity index (χ1n) is 9.89. The molecule has 3 rings (SSSR count). The third-order valence-electron chi connectivity index (χ3n) is 4.90. The van der Waals surface area contributed by atoms with Crippen LogP contribution in [-0.4, -0.2) is 72.7 Å². The number of esters is 1. The molecule has 1 aromatic carbocycles. The van der Waals surface area contributed by atoms with E-state index in [4.69, 9.17) is 18.5 Å². The van der Waals surface area contributed by atoms with E-state index in [1.807, 2.05) is 0 Å². The molecule has 1 aromatic rings. The Morgan fingerprint density at radius 1 is 1.42 bits per heavy atom. The van der Waals surface area contributed by atoms with Gasteiger partial charge in [0.25, 0.3) is 0 Å². The van der Waals surface area contributed by atoms with Crippen LogP contribution in [0.2, 0.25) is 0 Å². The normalized spacial score (nSPS) is 27.9. The highest BCUT2D eigenvalue weighted by molar-refractivity contribution is 7.52. The number of cyclic esters (lactones) is 1. The highest BCUT2D eigenvalue weighted by atomic mass is 31.2.